The number of thiol groups is 1. The van der Waals surface area contributed by atoms with Crippen molar-refractivity contribution < 1.29 is 29.1 Å². The molecular formula is C38H48N8O6S. The number of amides is 5. The van der Waals surface area contributed by atoms with Gasteiger partial charge < -0.3 is 48.6 Å². The first kappa shape index (κ1) is 40.4. The monoisotopic (exact) mass is 744 g/mol. The lowest BCUT2D eigenvalue weighted by Crippen LogP contribution is -2.59. The van der Waals surface area contributed by atoms with Crippen LogP contribution < -0.4 is 38.5 Å². The van der Waals surface area contributed by atoms with Crippen molar-refractivity contribution >= 4 is 53.1 Å². The van der Waals surface area contributed by atoms with Crippen LogP contribution in [0.25, 0.3) is 10.9 Å². The third kappa shape index (κ3) is 12.1. The first-order valence-corrected chi connectivity index (χ1v) is 18.1. The van der Waals surface area contributed by atoms with Crippen molar-refractivity contribution in [3.63, 3.8) is 0 Å². The second kappa shape index (κ2) is 20.0. The fraction of sp³-hybridized carbons (Fsp3) is 0.342. The van der Waals surface area contributed by atoms with E-state index in [0.29, 0.717) is 24.9 Å². The summed E-state index contributed by atoms with van der Waals surface area (Å²) < 4.78 is 0. The number of carbonyl (C=O) groups is 5. The molecule has 0 bridgehead atoms. The molecule has 0 fully saturated rings. The molecule has 0 aliphatic heterocycles. The highest BCUT2D eigenvalue weighted by molar-refractivity contribution is 7.80. The number of aromatic hydroxyl groups is 1. The Labute approximate surface area is 313 Å². The number of fused-ring (bicyclic) bond motifs is 1. The number of aromatic nitrogens is 1. The molecule has 4 aromatic rings. The molecule has 5 amide bonds. The molecule has 5 atom stereocenters. The van der Waals surface area contributed by atoms with Gasteiger partial charge in [-0.25, -0.2) is 0 Å². The van der Waals surface area contributed by atoms with Crippen molar-refractivity contribution in [2.75, 3.05) is 12.3 Å². The molecule has 0 radical (unpaired) electrons. The smallest absolute Gasteiger partial charge is 0.243 e. The van der Waals surface area contributed by atoms with Gasteiger partial charge in [-0.2, -0.15) is 12.6 Å². The minimum atomic E-state index is -1.20. The standard InChI is InChI=1S/C38H48N8O6S/c39-17-7-6-12-30(36(50)44-31(34(41)48)18-24-13-15-26(47)16-14-24)43-38(52)33(20-25-21-42-29-11-5-4-10-27(25)29)46-37(51)32(45-35(49)28(40)22-53)19-23-8-2-1-3-9-23/h1-5,8-11,13-16,21,28,30-33,42,47,53H,6-7,12,17-20,22,39-40H2,(H2,41,48)(H,43,52)(H,44,50)(H,45,49)(H,46,51)/t28-,30-,31-,32-,33-/m0/s1. The zero-order chi connectivity index (χ0) is 38.3. The Bertz CT molecular complexity index is 1840. The molecule has 282 valence electrons. The molecule has 15 heteroatoms. The molecule has 0 unspecified atom stereocenters. The number of para-hydroxylation sites is 1. The van der Waals surface area contributed by atoms with Gasteiger partial charge in [-0.1, -0.05) is 60.7 Å². The van der Waals surface area contributed by atoms with E-state index in [2.05, 4.69) is 38.9 Å². The predicted octanol–water partition coefficient (Wildman–Crippen LogP) is 0.712. The lowest BCUT2D eigenvalue weighted by Gasteiger charge is -2.27. The van der Waals surface area contributed by atoms with Gasteiger partial charge >= 0.3 is 0 Å². The maximum absolute atomic E-state index is 14.2. The van der Waals surface area contributed by atoms with E-state index in [1.807, 2.05) is 54.6 Å². The van der Waals surface area contributed by atoms with E-state index in [9.17, 15) is 29.1 Å². The zero-order valence-electron chi connectivity index (χ0n) is 29.3. The number of hydrogen-bond acceptors (Lipinski definition) is 9. The SMILES string of the molecule is NCCCC[C@H](NC(=O)[C@H](Cc1c[nH]c2ccccc12)NC(=O)[C@H](Cc1ccccc1)NC(=O)[C@@H](N)CS)C(=O)N[C@@H](Cc1ccc(O)cc1)C(N)=O. The molecule has 53 heavy (non-hydrogen) atoms. The van der Waals surface area contributed by atoms with Crippen molar-refractivity contribution in [2.45, 2.75) is 68.7 Å². The van der Waals surface area contributed by atoms with Crippen LogP contribution in [0.4, 0.5) is 0 Å². The second-order valence-electron chi connectivity index (χ2n) is 12.8. The molecule has 0 aliphatic rings. The van der Waals surface area contributed by atoms with Crippen molar-refractivity contribution in [2.24, 2.45) is 17.2 Å². The van der Waals surface area contributed by atoms with Crippen LogP contribution in [-0.4, -0.2) is 82.1 Å². The summed E-state index contributed by atoms with van der Waals surface area (Å²) in [5.41, 5.74) is 20.3. The van der Waals surface area contributed by atoms with Crippen LogP contribution in [0, 0.1) is 0 Å². The van der Waals surface area contributed by atoms with E-state index in [-0.39, 0.29) is 37.2 Å². The van der Waals surface area contributed by atoms with Crippen molar-refractivity contribution in [1.29, 1.82) is 0 Å². The lowest BCUT2D eigenvalue weighted by molar-refractivity contribution is -0.134. The molecular weight excluding hydrogens is 697 g/mol. The van der Waals surface area contributed by atoms with Crippen LogP contribution in [0.15, 0.2) is 85.1 Å². The minimum Gasteiger partial charge on any atom is -0.508 e. The van der Waals surface area contributed by atoms with Crippen molar-refractivity contribution in [3.05, 3.63) is 102 Å². The van der Waals surface area contributed by atoms with Gasteiger partial charge in [0.2, 0.25) is 29.5 Å². The van der Waals surface area contributed by atoms with E-state index in [4.69, 9.17) is 17.2 Å². The Kier molecular flexibility index (Phi) is 15.3. The van der Waals surface area contributed by atoms with Crippen LogP contribution in [-0.2, 0) is 43.2 Å². The number of nitrogens with one attached hydrogen (secondary N) is 5. The van der Waals surface area contributed by atoms with E-state index < -0.39 is 59.7 Å². The molecule has 1 aromatic heterocycles. The normalized spacial score (nSPS) is 13.9. The summed E-state index contributed by atoms with van der Waals surface area (Å²) in [6.07, 6.45) is 3.17. The third-order valence-electron chi connectivity index (χ3n) is 8.80. The Hall–Kier alpha value is -5.38. The summed E-state index contributed by atoms with van der Waals surface area (Å²) in [6.45, 7) is 0.359. The molecule has 14 nitrogen and oxygen atoms in total. The number of primary amides is 1. The Morgan fingerprint density at radius 3 is 1.89 bits per heavy atom. The summed E-state index contributed by atoms with van der Waals surface area (Å²) in [4.78, 5) is 70.4. The Morgan fingerprint density at radius 1 is 0.679 bits per heavy atom. The highest BCUT2D eigenvalue weighted by atomic mass is 32.1. The minimum absolute atomic E-state index is 0.0334. The number of benzene rings is 3. The summed E-state index contributed by atoms with van der Waals surface area (Å²) in [5, 5.41) is 21.5. The van der Waals surface area contributed by atoms with Gasteiger partial charge in [-0.05, 0) is 60.7 Å². The van der Waals surface area contributed by atoms with E-state index in [0.717, 1.165) is 22.0 Å². The molecule has 0 aliphatic carbocycles. The van der Waals surface area contributed by atoms with Crippen LogP contribution >= 0.6 is 12.6 Å². The molecule has 0 spiro atoms. The Morgan fingerprint density at radius 2 is 1.23 bits per heavy atom. The van der Waals surface area contributed by atoms with Crippen LogP contribution in [0.5, 0.6) is 5.75 Å². The number of phenolic OH excluding ortho intramolecular Hbond substituents is 1. The van der Waals surface area contributed by atoms with Gasteiger partial charge in [-0.3, -0.25) is 24.0 Å². The first-order valence-electron chi connectivity index (χ1n) is 17.4. The maximum atomic E-state index is 14.2. The van der Waals surface area contributed by atoms with Gasteiger partial charge in [0.05, 0.1) is 6.04 Å². The fourth-order valence-corrected chi connectivity index (χ4v) is 5.99. The maximum Gasteiger partial charge on any atom is 0.243 e. The highest BCUT2D eigenvalue weighted by Gasteiger charge is 2.32. The average molecular weight is 745 g/mol. The zero-order valence-corrected chi connectivity index (χ0v) is 30.2. The molecule has 0 saturated heterocycles. The molecule has 0 saturated carbocycles. The van der Waals surface area contributed by atoms with E-state index in [1.165, 1.54) is 12.1 Å². The number of unbranched alkanes of at least 4 members (excludes halogenated alkanes) is 1. The lowest BCUT2D eigenvalue weighted by atomic mass is 10.0. The number of phenols is 1. The number of H-pyrrole nitrogens is 1. The third-order valence-corrected chi connectivity index (χ3v) is 9.19. The predicted molar refractivity (Wildman–Crippen MR) is 206 cm³/mol. The van der Waals surface area contributed by atoms with Crippen LogP contribution in [0.3, 0.4) is 0 Å². The first-order chi connectivity index (χ1) is 25.5. The number of hydrogen-bond donors (Lipinski definition) is 10. The van der Waals surface area contributed by atoms with Crippen LogP contribution in [0.1, 0.15) is 36.0 Å². The Balaban J connectivity index is 1.61. The van der Waals surface area contributed by atoms with Gasteiger partial charge in [0.25, 0.3) is 0 Å². The van der Waals surface area contributed by atoms with Gasteiger partial charge in [0, 0.05) is 42.1 Å². The average Bonchev–Trinajstić information content (AvgIpc) is 3.56. The topological polar surface area (TPSA) is 248 Å². The van der Waals surface area contributed by atoms with Gasteiger partial charge in [0.1, 0.15) is 29.9 Å². The number of rotatable bonds is 20. The summed E-state index contributed by atoms with van der Waals surface area (Å²) >= 11 is 4.11. The summed E-state index contributed by atoms with van der Waals surface area (Å²) in [6, 6.07) is 17.2. The largest absolute Gasteiger partial charge is 0.508 e. The summed E-state index contributed by atoms with van der Waals surface area (Å²) in [7, 11) is 0. The van der Waals surface area contributed by atoms with Crippen molar-refractivity contribution in [3.8, 4) is 5.75 Å². The number of nitrogens with two attached hydrogens (primary N) is 3. The van der Waals surface area contributed by atoms with E-state index >= 15 is 0 Å². The molecule has 3 aromatic carbocycles. The van der Waals surface area contributed by atoms with Crippen LogP contribution in [0.2, 0.25) is 0 Å². The van der Waals surface area contributed by atoms with E-state index in [1.54, 1.807) is 18.3 Å². The molecule has 1 heterocycles. The van der Waals surface area contributed by atoms with Crippen molar-refractivity contribution in [1.82, 2.24) is 26.3 Å². The highest BCUT2D eigenvalue weighted by Crippen LogP contribution is 2.20. The molecule has 4 rings (SSSR count). The number of carbonyl (C=O) groups excluding carboxylic acids is 5. The molecule has 12 N–H and O–H groups in total. The second-order valence-corrected chi connectivity index (χ2v) is 13.2. The summed E-state index contributed by atoms with van der Waals surface area (Å²) in [5.74, 6) is -3.22. The van der Waals surface area contributed by atoms with Gasteiger partial charge in [-0.15, -0.1) is 0 Å². The number of aromatic amines is 1. The fourth-order valence-electron chi connectivity index (χ4n) is 5.82. The van der Waals surface area contributed by atoms with Gasteiger partial charge in [0.15, 0.2) is 0 Å². The quantitative estimate of drug-likeness (QED) is 0.0455.